The summed E-state index contributed by atoms with van der Waals surface area (Å²) in [5.74, 6) is 1.44. The van der Waals surface area contributed by atoms with E-state index in [0.717, 1.165) is 24.2 Å². The number of hydrogen-bond acceptors (Lipinski definition) is 7. The van der Waals surface area contributed by atoms with Crippen molar-refractivity contribution in [3.8, 4) is 5.75 Å². The first-order valence-electron chi connectivity index (χ1n) is 7.84. The Hall–Kier alpha value is -2.90. The molecule has 1 saturated carbocycles. The Bertz CT molecular complexity index is 733. The number of nitrogens with zero attached hydrogens (tertiary/aromatic N) is 3. The van der Waals surface area contributed by atoms with Crippen molar-refractivity contribution in [1.82, 2.24) is 9.97 Å². The molecule has 3 rings (SSSR count). The molecule has 1 aliphatic carbocycles. The van der Waals surface area contributed by atoms with Crippen LogP contribution in [0.2, 0.25) is 0 Å². The Labute approximate surface area is 139 Å². The van der Waals surface area contributed by atoms with Gasteiger partial charge in [0.2, 0.25) is 11.8 Å². The Morgan fingerprint density at radius 2 is 2.17 bits per heavy atom. The number of aromatic nitrogens is 2. The first-order valence-corrected chi connectivity index (χ1v) is 7.84. The smallest absolute Gasteiger partial charge is 0.329 e. The molecule has 1 aromatic heterocycles. The normalized spacial score (nSPS) is 13.4. The van der Waals surface area contributed by atoms with Crippen LogP contribution in [-0.2, 0) is 0 Å². The zero-order chi connectivity index (χ0) is 16.9. The van der Waals surface area contributed by atoms with Gasteiger partial charge in [0, 0.05) is 6.04 Å². The summed E-state index contributed by atoms with van der Waals surface area (Å²) in [6.45, 7) is 2.92. The lowest BCUT2D eigenvalue weighted by molar-refractivity contribution is -0.384. The van der Waals surface area contributed by atoms with E-state index in [4.69, 9.17) is 4.74 Å². The number of nitrogens with one attached hydrogen (secondary N) is 2. The lowest BCUT2D eigenvalue weighted by atomic mass is 10.2. The topological polar surface area (TPSA) is 102 Å². The van der Waals surface area contributed by atoms with Gasteiger partial charge in [-0.15, -0.1) is 0 Å². The first kappa shape index (κ1) is 16.0. The fourth-order valence-corrected chi connectivity index (χ4v) is 2.16. The van der Waals surface area contributed by atoms with Gasteiger partial charge in [-0.25, -0.2) is 4.98 Å². The predicted octanol–water partition coefficient (Wildman–Crippen LogP) is 2.76. The van der Waals surface area contributed by atoms with Crippen LogP contribution < -0.4 is 15.4 Å². The number of ether oxygens (including phenoxy) is 1. The minimum absolute atomic E-state index is 0.108. The van der Waals surface area contributed by atoms with Crippen LogP contribution in [0.4, 0.5) is 17.5 Å². The second-order valence-electron chi connectivity index (χ2n) is 5.64. The molecule has 0 bridgehead atoms. The monoisotopic (exact) mass is 329 g/mol. The molecule has 2 N–H and O–H groups in total. The van der Waals surface area contributed by atoms with E-state index in [9.17, 15) is 10.1 Å². The first-order chi connectivity index (χ1) is 11.6. The zero-order valence-electron chi connectivity index (χ0n) is 13.4. The number of para-hydroxylation sites is 1. The highest BCUT2D eigenvalue weighted by molar-refractivity contribution is 5.58. The molecule has 24 heavy (non-hydrogen) atoms. The summed E-state index contributed by atoms with van der Waals surface area (Å²) in [6.07, 6.45) is 3.24. The van der Waals surface area contributed by atoms with E-state index in [1.165, 1.54) is 6.20 Å². The van der Waals surface area contributed by atoms with Crippen molar-refractivity contribution >= 4 is 17.5 Å². The van der Waals surface area contributed by atoms with Crippen molar-refractivity contribution in [1.29, 1.82) is 0 Å². The third-order valence-electron chi connectivity index (χ3n) is 3.62. The molecule has 0 saturated heterocycles. The molecule has 1 fully saturated rings. The lowest BCUT2D eigenvalue weighted by Crippen LogP contribution is -2.15. The van der Waals surface area contributed by atoms with Gasteiger partial charge in [0.25, 0.3) is 0 Å². The standard InChI is InChI=1S/C16H19N5O3/c1-11-4-2-3-5-14(11)24-9-8-17-16-18-10-13(21(22)23)15(20-16)19-12-6-7-12/h2-5,10,12H,6-9H2,1H3,(H2,17,18,19,20). The molecule has 0 aliphatic heterocycles. The highest BCUT2D eigenvalue weighted by Crippen LogP contribution is 2.29. The second-order valence-corrected chi connectivity index (χ2v) is 5.64. The average Bonchev–Trinajstić information content (AvgIpc) is 3.37. The minimum atomic E-state index is -0.476. The van der Waals surface area contributed by atoms with Crippen LogP contribution in [0.5, 0.6) is 5.75 Å². The van der Waals surface area contributed by atoms with E-state index >= 15 is 0 Å². The Kier molecular flexibility index (Phi) is 4.74. The SMILES string of the molecule is Cc1ccccc1OCCNc1ncc([N+](=O)[O-])c(NC2CC2)n1. The molecule has 1 heterocycles. The Balaban J connectivity index is 1.56. The molecule has 1 aromatic carbocycles. The molecule has 8 nitrogen and oxygen atoms in total. The largest absolute Gasteiger partial charge is 0.491 e. The lowest BCUT2D eigenvalue weighted by Gasteiger charge is -2.10. The molecule has 126 valence electrons. The van der Waals surface area contributed by atoms with Gasteiger partial charge in [-0.05, 0) is 31.4 Å². The summed E-state index contributed by atoms with van der Waals surface area (Å²) in [6, 6.07) is 8.05. The maximum Gasteiger partial charge on any atom is 0.329 e. The summed E-state index contributed by atoms with van der Waals surface area (Å²) in [5.41, 5.74) is 0.962. The maximum atomic E-state index is 11.0. The number of hydrogen-bond donors (Lipinski definition) is 2. The van der Waals surface area contributed by atoms with Crippen LogP contribution in [0, 0.1) is 17.0 Å². The molecule has 0 atom stereocenters. The predicted molar refractivity (Wildman–Crippen MR) is 90.5 cm³/mol. The third-order valence-corrected chi connectivity index (χ3v) is 3.62. The number of anilines is 2. The molecule has 0 unspecified atom stereocenters. The van der Waals surface area contributed by atoms with Gasteiger partial charge >= 0.3 is 5.69 Å². The van der Waals surface area contributed by atoms with Gasteiger partial charge in [-0.1, -0.05) is 18.2 Å². The van der Waals surface area contributed by atoms with Gasteiger partial charge in [-0.3, -0.25) is 10.1 Å². The van der Waals surface area contributed by atoms with E-state index in [1.807, 2.05) is 31.2 Å². The quantitative estimate of drug-likeness (QED) is 0.436. The van der Waals surface area contributed by atoms with Gasteiger partial charge < -0.3 is 15.4 Å². The molecular weight excluding hydrogens is 310 g/mol. The summed E-state index contributed by atoms with van der Waals surface area (Å²) < 4.78 is 5.68. The molecular formula is C16H19N5O3. The van der Waals surface area contributed by atoms with Crippen molar-refractivity contribution in [2.75, 3.05) is 23.8 Å². The molecule has 0 spiro atoms. The maximum absolute atomic E-state index is 11.0. The molecule has 0 amide bonds. The van der Waals surface area contributed by atoms with Crippen LogP contribution in [-0.4, -0.2) is 34.1 Å². The van der Waals surface area contributed by atoms with Gasteiger partial charge in [0.05, 0.1) is 11.5 Å². The second kappa shape index (κ2) is 7.12. The van der Waals surface area contributed by atoms with Gasteiger partial charge in [0.1, 0.15) is 18.6 Å². The van der Waals surface area contributed by atoms with Crippen LogP contribution in [0.3, 0.4) is 0 Å². The van der Waals surface area contributed by atoms with E-state index < -0.39 is 4.92 Å². The Morgan fingerprint density at radius 1 is 1.38 bits per heavy atom. The highest BCUT2D eigenvalue weighted by atomic mass is 16.6. The third kappa shape index (κ3) is 4.09. The van der Waals surface area contributed by atoms with E-state index in [1.54, 1.807) is 0 Å². The van der Waals surface area contributed by atoms with Gasteiger partial charge in [0.15, 0.2) is 0 Å². The van der Waals surface area contributed by atoms with E-state index in [2.05, 4.69) is 20.6 Å². The van der Waals surface area contributed by atoms with Crippen molar-refractivity contribution in [3.05, 3.63) is 46.1 Å². The van der Waals surface area contributed by atoms with Crippen LogP contribution in [0.25, 0.3) is 0 Å². The van der Waals surface area contributed by atoms with E-state index in [0.29, 0.717) is 19.1 Å². The molecule has 1 aliphatic rings. The van der Waals surface area contributed by atoms with Crippen molar-refractivity contribution in [3.63, 3.8) is 0 Å². The number of aryl methyl sites for hydroxylation is 1. The van der Waals surface area contributed by atoms with E-state index in [-0.39, 0.29) is 17.5 Å². The number of nitro groups is 1. The van der Waals surface area contributed by atoms with Crippen molar-refractivity contribution < 1.29 is 9.66 Å². The highest BCUT2D eigenvalue weighted by Gasteiger charge is 2.26. The average molecular weight is 329 g/mol. The number of benzene rings is 1. The molecule has 0 radical (unpaired) electrons. The summed E-state index contributed by atoms with van der Waals surface area (Å²) in [5, 5.41) is 17.1. The van der Waals surface area contributed by atoms with Crippen LogP contribution >= 0.6 is 0 Å². The molecule has 2 aromatic rings. The fourth-order valence-electron chi connectivity index (χ4n) is 2.16. The summed E-state index contributed by atoms with van der Waals surface area (Å²) >= 11 is 0. The zero-order valence-corrected chi connectivity index (χ0v) is 13.4. The minimum Gasteiger partial charge on any atom is -0.491 e. The van der Waals surface area contributed by atoms with Gasteiger partial charge in [-0.2, -0.15) is 4.98 Å². The summed E-state index contributed by atoms with van der Waals surface area (Å²) in [4.78, 5) is 18.7. The number of rotatable bonds is 8. The Morgan fingerprint density at radius 3 is 2.88 bits per heavy atom. The fraction of sp³-hybridized carbons (Fsp3) is 0.375. The summed E-state index contributed by atoms with van der Waals surface area (Å²) in [7, 11) is 0. The van der Waals surface area contributed by atoms with Crippen molar-refractivity contribution in [2.24, 2.45) is 0 Å². The van der Waals surface area contributed by atoms with Crippen molar-refractivity contribution in [2.45, 2.75) is 25.8 Å². The van der Waals surface area contributed by atoms with Crippen LogP contribution in [0.15, 0.2) is 30.5 Å². The van der Waals surface area contributed by atoms with Crippen LogP contribution in [0.1, 0.15) is 18.4 Å². The molecule has 8 heteroatoms.